The van der Waals surface area contributed by atoms with Crippen LogP contribution in [-0.2, 0) is 32.7 Å². The normalized spacial score (nSPS) is 15.1. The van der Waals surface area contributed by atoms with Crippen molar-refractivity contribution >= 4 is 19.8 Å². The van der Waals surface area contributed by atoms with Gasteiger partial charge >= 0.3 is 11.9 Å². The lowest BCUT2D eigenvalue weighted by Crippen LogP contribution is -2.37. The Labute approximate surface area is 339 Å². The van der Waals surface area contributed by atoms with E-state index in [1.807, 2.05) is 0 Å². The number of carbonyl (C=O) groups is 2. The van der Waals surface area contributed by atoms with Gasteiger partial charge < -0.3 is 27.9 Å². The van der Waals surface area contributed by atoms with Crippen molar-refractivity contribution in [3.05, 3.63) is 0 Å². The lowest BCUT2D eigenvalue weighted by molar-refractivity contribution is -0.870. The van der Waals surface area contributed by atoms with Crippen LogP contribution in [0.1, 0.15) is 225 Å². The number of phosphoric acid groups is 1. The summed E-state index contributed by atoms with van der Waals surface area (Å²) in [5.74, 6) is -1.08. The van der Waals surface area contributed by atoms with Crippen LogP contribution in [0.15, 0.2) is 0 Å². The zero-order valence-corrected chi connectivity index (χ0v) is 36.7. The molecule has 0 spiro atoms. The van der Waals surface area contributed by atoms with Crippen molar-refractivity contribution in [1.29, 1.82) is 0 Å². The van der Waals surface area contributed by atoms with Gasteiger partial charge in [-0.25, -0.2) is 0 Å². The molecule has 0 amide bonds. The first kappa shape index (κ1) is 45.7. The second-order valence-corrected chi connectivity index (χ2v) is 17.6. The number of carbonyl (C=O) groups excluding carboxylic acids is 2. The van der Waals surface area contributed by atoms with E-state index in [4.69, 9.17) is 19.5 Å². The number of hydrogen-bond acceptors (Lipinski definition) is 8. The summed E-state index contributed by atoms with van der Waals surface area (Å²) >= 11 is 0. The third kappa shape index (κ3) is 40.7. The molecule has 54 heavy (non-hydrogen) atoms. The summed E-state index contributed by atoms with van der Waals surface area (Å²) in [6.07, 6.45) is 35.1. The second kappa shape index (κ2) is 37.6. The third-order valence-electron chi connectivity index (χ3n) is 9.65. The predicted octanol–water partition coefficient (Wildman–Crippen LogP) is 12.2. The highest BCUT2D eigenvalue weighted by Gasteiger charge is 2.21. The van der Waals surface area contributed by atoms with E-state index in [9.17, 15) is 19.0 Å². The van der Waals surface area contributed by atoms with Gasteiger partial charge in [0.15, 0.2) is 6.10 Å². The lowest BCUT2D eigenvalue weighted by atomic mass is 10.0. The van der Waals surface area contributed by atoms with E-state index in [0.29, 0.717) is 12.8 Å². The van der Waals surface area contributed by atoms with Gasteiger partial charge in [-0.2, -0.15) is 0 Å². The van der Waals surface area contributed by atoms with Gasteiger partial charge in [0.2, 0.25) is 0 Å². The molecule has 0 aliphatic rings. The Hall–Kier alpha value is -0.990. The number of likely N-dealkylation sites (N-methyl/N-ethyl adjacent to an activating group) is 1. The molecule has 0 aliphatic carbocycles. The molecular weight excluding hydrogens is 701 g/mol. The molecule has 1 unspecified atom stereocenters. The Kier molecular flexibility index (Phi) is 31.8. The second-order valence-electron chi connectivity index (χ2n) is 16.3. The average molecular weight is 794 g/mol. The molecular formula is C44H88NO8P. The molecule has 0 aromatic carbocycles. The zero-order valence-electron chi connectivity index (χ0n) is 39.8. The smallest absolute Gasteiger partial charge is 0.306 e. The fourth-order valence-electron chi connectivity index (χ4n) is 6.31. The van der Waals surface area contributed by atoms with E-state index in [0.717, 1.165) is 38.5 Å². The SMILES string of the molecule is [2H]C([2H])(OP(=O)([O-])OC[C@@H](COC(=O)CCCCCCCCCCCCCCCCC)OC(=O)CCCCCCCCCCCCCCCCC)C([2H])([2H])[N+](C)(C)C. The maximum atomic E-state index is 12.7. The molecule has 9 nitrogen and oxygen atoms in total. The van der Waals surface area contributed by atoms with E-state index >= 15 is 0 Å². The summed E-state index contributed by atoms with van der Waals surface area (Å²) < 4.78 is 64.6. The van der Waals surface area contributed by atoms with E-state index in [-0.39, 0.29) is 12.8 Å². The van der Waals surface area contributed by atoms with Crippen molar-refractivity contribution in [2.45, 2.75) is 225 Å². The molecule has 0 saturated heterocycles. The molecule has 0 aliphatic heterocycles. The van der Waals surface area contributed by atoms with E-state index in [1.54, 1.807) is 0 Å². The number of rotatable bonds is 42. The summed E-state index contributed by atoms with van der Waals surface area (Å²) in [5, 5.41) is 0. The zero-order chi connectivity index (χ0) is 43.6. The number of phosphoric ester groups is 1. The summed E-state index contributed by atoms with van der Waals surface area (Å²) in [6, 6.07) is 0. The van der Waals surface area contributed by atoms with Gasteiger partial charge in [-0.15, -0.1) is 0 Å². The number of esters is 2. The summed E-state index contributed by atoms with van der Waals surface area (Å²) in [5.41, 5.74) is 0. The fourth-order valence-corrected chi connectivity index (χ4v) is 6.87. The van der Waals surface area contributed by atoms with Crippen LogP contribution in [0.4, 0.5) is 0 Å². The number of unbranched alkanes of at least 4 members (excludes halogenated alkanes) is 28. The molecule has 0 N–H and O–H groups in total. The van der Waals surface area contributed by atoms with Crippen LogP contribution in [0.25, 0.3) is 0 Å². The van der Waals surface area contributed by atoms with Crippen LogP contribution in [0.3, 0.4) is 0 Å². The van der Waals surface area contributed by atoms with Crippen LogP contribution in [-0.4, -0.2) is 69.9 Å². The Bertz CT molecular complexity index is 1060. The van der Waals surface area contributed by atoms with Crippen molar-refractivity contribution in [3.63, 3.8) is 0 Å². The molecule has 0 fully saturated rings. The Balaban J connectivity index is 4.65. The molecule has 0 aromatic rings. The number of hydrogen-bond donors (Lipinski definition) is 0. The highest BCUT2D eigenvalue weighted by molar-refractivity contribution is 7.45. The Morgan fingerprint density at radius 1 is 0.537 bits per heavy atom. The van der Waals surface area contributed by atoms with Crippen molar-refractivity contribution in [3.8, 4) is 0 Å². The number of ether oxygens (including phenoxy) is 2. The van der Waals surface area contributed by atoms with Crippen molar-refractivity contribution in [2.24, 2.45) is 0 Å². The first-order chi connectivity index (χ1) is 27.5. The molecule has 10 heteroatoms. The van der Waals surface area contributed by atoms with Gasteiger partial charge in [0.05, 0.1) is 33.2 Å². The maximum absolute atomic E-state index is 12.7. The average Bonchev–Trinajstić information content (AvgIpc) is 3.15. The molecule has 322 valence electrons. The van der Waals surface area contributed by atoms with Gasteiger partial charge in [0, 0.05) is 12.8 Å². The first-order valence-electron chi connectivity index (χ1n) is 24.3. The van der Waals surface area contributed by atoms with Gasteiger partial charge in [-0.05, 0) is 12.8 Å². The van der Waals surface area contributed by atoms with Crippen LogP contribution in [0, 0.1) is 0 Å². The Morgan fingerprint density at radius 2 is 0.870 bits per heavy atom. The predicted molar refractivity (Wildman–Crippen MR) is 222 cm³/mol. The van der Waals surface area contributed by atoms with Crippen LogP contribution in [0.5, 0.6) is 0 Å². The monoisotopic (exact) mass is 794 g/mol. The van der Waals surface area contributed by atoms with Gasteiger partial charge in [-0.1, -0.05) is 194 Å². The molecule has 0 bridgehead atoms. The quantitative estimate of drug-likeness (QED) is 0.0260. The molecule has 0 rings (SSSR count). The molecule has 0 saturated carbocycles. The third-order valence-corrected chi connectivity index (χ3v) is 10.4. The standard InChI is InChI=1S/C44H88NO8P/c1-6-8-10-12-14-16-18-20-22-24-26-28-30-32-34-36-43(46)50-40-42(41-52-54(48,49)51-39-38-45(3,4)5)53-44(47)37-35-33-31-29-27-25-23-21-19-17-15-13-11-9-7-2/h42H,6-41H2,1-5H3/t42-/m1/s1/i38D2,39D2. The highest BCUT2D eigenvalue weighted by atomic mass is 31.2. The van der Waals surface area contributed by atoms with Crippen LogP contribution < -0.4 is 4.89 Å². The van der Waals surface area contributed by atoms with Gasteiger partial charge in [0.25, 0.3) is 7.82 Å². The summed E-state index contributed by atoms with van der Waals surface area (Å²) in [4.78, 5) is 38.0. The minimum atomic E-state index is -5.43. The molecule has 0 heterocycles. The minimum Gasteiger partial charge on any atom is -0.756 e. The fraction of sp³-hybridized carbons (Fsp3) is 0.955. The first-order valence-corrected chi connectivity index (χ1v) is 23.8. The van der Waals surface area contributed by atoms with Gasteiger partial charge in [0.1, 0.15) is 19.7 Å². The van der Waals surface area contributed by atoms with E-state index < -0.39 is 56.6 Å². The lowest BCUT2D eigenvalue weighted by Gasteiger charge is -2.28. The van der Waals surface area contributed by atoms with Crippen molar-refractivity contribution in [2.75, 3.05) is 47.4 Å². The minimum absolute atomic E-state index is 0.111. The summed E-state index contributed by atoms with van der Waals surface area (Å²) in [7, 11) is -1.35. The van der Waals surface area contributed by atoms with Crippen LogP contribution in [0.2, 0.25) is 0 Å². The topological polar surface area (TPSA) is 111 Å². The molecule has 2 atom stereocenters. The van der Waals surface area contributed by atoms with Gasteiger partial charge in [-0.3, -0.25) is 14.2 Å². The van der Waals surface area contributed by atoms with Crippen molar-refractivity contribution in [1.82, 2.24) is 0 Å². The maximum Gasteiger partial charge on any atom is 0.306 e. The number of nitrogens with zero attached hydrogens (tertiary/aromatic N) is 1. The number of quaternary nitrogens is 1. The summed E-state index contributed by atoms with van der Waals surface area (Å²) in [6.45, 7) is -2.76. The highest BCUT2D eigenvalue weighted by Crippen LogP contribution is 2.38. The molecule has 0 aromatic heterocycles. The molecule has 0 radical (unpaired) electrons. The Morgan fingerprint density at radius 3 is 1.22 bits per heavy atom. The van der Waals surface area contributed by atoms with Crippen LogP contribution >= 0.6 is 7.82 Å². The van der Waals surface area contributed by atoms with E-state index in [1.165, 1.54) is 162 Å². The van der Waals surface area contributed by atoms with E-state index in [2.05, 4.69) is 18.4 Å². The van der Waals surface area contributed by atoms with Crippen molar-refractivity contribution < 1.29 is 47.5 Å². The largest absolute Gasteiger partial charge is 0.756 e.